The summed E-state index contributed by atoms with van der Waals surface area (Å²) in [5.74, 6) is -0.209. The number of nitrogens with zero attached hydrogens (tertiary/aromatic N) is 4. The number of aromatic nitrogens is 4. The van der Waals surface area contributed by atoms with Gasteiger partial charge in [0.25, 0.3) is 0 Å². The van der Waals surface area contributed by atoms with Crippen LogP contribution in [0.1, 0.15) is 22.4 Å². The van der Waals surface area contributed by atoms with Crippen molar-refractivity contribution in [1.29, 1.82) is 0 Å². The highest BCUT2D eigenvalue weighted by Gasteiger charge is 2.10. The van der Waals surface area contributed by atoms with Crippen LogP contribution in [0.25, 0.3) is 0 Å². The molecular weight excluding hydrogens is 248 g/mol. The van der Waals surface area contributed by atoms with E-state index >= 15 is 0 Å². The number of carbonyl (C=O) groups is 1. The van der Waals surface area contributed by atoms with Gasteiger partial charge in [0.1, 0.15) is 11.2 Å². The minimum Gasteiger partial charge on any atom is -0.477 e. The molecular formula is C8H8N4O2S2. The van der Waals surface area contributed by atoms with Crippen molar-refractivity contribution in [1.82, 2.24) is 19.2 Å². The Morgan fingerprint density at radius 3 is 3.00 bits per heavy atom. The predicted molar refractivity (Wildman–Crippen MR) is 59.7 cm³/mol. The van der Waals surface area contributed by atoms with Gasteiger partial charge >= 0.3 is 5.97 Å². The Labute approximate surface area is 99.5 Å². The first-order valence-corrected chi connectivity index (χ1v) is 6.06. The molecule has 1 N–H and O–H groups in total. The third kappa shape index (κ3) is 2.39. The molecule has 0 aliphatic rings. The van der Waals surface area contributed by atoms with Crippen molar-refractivity contribution in [3.63, 3.8) is 0 Å². The maximum absolute atomic E-state index is 10.6. The molecule has 0 fully saturated rings. The summed E-state index contributed by atoms with van der Waals surface area (Å²) in [6.45, 7) is 1.97. The molecule has 2 aromatic heterocycles. The molecule has 0 radical (unpaired) electrons. The molecule has 0 unspecified atom stereocenters. The van der Waals surface area contributed by atoms with Crippen LogP contribution in [-0.2, 0) is 6.42 Å². The molecule has 6 nitrogen and oxygen atoms in total. The van der Waals surface area contributed by atoms with Gasteiger partial charge in [0.05, 0.1) is 6.20 Å². The highest BCUT2D eigenvalue weighted by Crippen LogP contribution is 2.24. The topological polar surface area (TPSA) is 80.9 Å². The summed E-state index contributed by atoms with van der Waals surface area (Å²) in [7, 11) is 0. The van der Waals surface area contributed by atoms with E-state index in [1.165, 1.54) is 18.1 Å². The van der Waals surface area contributed by atoms with Crippen LogP contribution in [0.3, 0.4) is 0 Å². The summed E-state index contributed by atoms with van der Waals surface area (Å²) in [5, 5.41) is 12.9. The Morgan fingerprint density at radius 1 is 1.62 bits per heavy atom. The first-order chi connectivity index (χ1) is 7.69. The molecule has 0 amide bonds. The fourth-order valence-corrected chi connectivity index (χ4v) is 2.59. The van der Waals surface area contributed by atoms with E-state index in [4.69, 9.17) is 5.11 Å². The Kier molecular flexibility index (Phi) is 3.20. The Hall–Kier alpha value is -1.41. The second-order valence-electron chi connectivity index (χ2n) is 2.80. The van der Waals surface area contributed by atoms with Gasteiger partial charge in [-0.3, -0.25) is 0 Å². The van der Waals surface area contributed by atoms with Gasteiger partial charge in [-0.1, -0.05) is 18.3 Å². The molecule has 0 aromatic carbocycles. The lowest BCUT2D eigenvalue weighted by atomic mass is 10.5. The van der Waals surface area contributed by atoms with Gasteiger partial charge < -0.3 is 5.11 Å². The monoisotopic (exact) mass is 256 g/mol. The van der Waals surface area contributed by atoms with E-state index < -0.39 is 5.97 Å². The van der Waals surface area contributed by atoms with E-state index in [1.807, 2.05) is 6.92 Å². The maximum atomic E-state index is 10.6. The molecule has 2 heterocycles. The smallest absolute Gasteiger partial charge is 0.347 e. The van der Waals surface area contributed by atoms with E-state index in [-0.39, 0.29) is 4.88 Å². The largest absolute Gasteiger partial charge is 0.477 e. The number of carboxylic acids is 1. The van der Waals surface area contributed by atoms with Crippen molar-refractivity contribution in [2.45, 2.75) is 17.7 Å². The van der Waals surface area contributed by atoms with Crippen molar-refractivity contribution in [3.8, 4) is 0 Å². The maximum Gasteiger partial charge on any atom is 0.347 e. The van der Waals surface area contributed by atoms with Gasteiger partial charge in [-0.05, 0) is 0 Å². The summed E-state index contributed by atoms with van der Waals surface area (Å²) in [6, 6.07) is 0. The zero-order valence-corrected chi connectivity index (χ0v) is 9.96. The Bertz CT molecular complexity index is 508. The molecule has 0 saturated heterocycles. The lowest BCUT2D eigenvalue weighted by molar-refractivity contribution is 0.0702. The number of rotatable bonds is 4. The summed E-state index contributed by atoms with van der Waals surface area (Å²) in [4.78, 5) is 18.9. The normalized spacial score (nSPS) is 10.6. The van der Waals surface area contributed by atoms with Crippen LogP contribution in [0.15, 0.2) is 16.9 Å². The van der Waals surface area contributed by atoms with Crippen LogP contribution >= 0.6 is 23.3 Å². The van der Waals surface area contributed by atoms with Gasteiger partial charge in [0.2, 0.25) is 0 Å². The van der Waals surface area contributed by atoms with Crippen LogP contribution in [0, 0.1) is 0 Å². The van der Waals surface area contributed by atoms with E-state index in [0.29, 0.717) is 4.34 Å². The average Bonchev–Trinajstić information content (AvgIpc) is 2.87. The fourth-order valence-electron chi connectivity index (χ4n) is 0.967. The van der Waals surface area contributed by atoms with Gasteiger partial charge in [0.15, 0.2) is 10.2 Å². The Morgan fingerprint density at radius 2 is 2.44 bits per heavy atom. The molecule has 2 aromatic rings. The summed E-state index contributed by atoms with van der Waals surface area (Å²) < 4.78 is 2.20. The van der Waals surface area contributed by atoms with Crippen LogP contribution in [-0.4, -0.2) is 30.2 Å². The van der Waals surface area contributed by atoms with Gasteiger partial charge in [-0.2, -0.15) is 4.09 Å². The molecule has 8 heteroatoms. The van der Waals surface area contributed by atoms with Crippen LogP contribution < -0.4 is 0 Å². The third-order valence-electron chi connectivity index (χ3n) is 1.70. The lowest BCUT2D eigenvalue weighted by Gasteiger charge is -1.92. The molecule has 0 aliphatic carbocycles. The van der Waals surface area contributed by atoms with Gasteiger partial charge in [0, 0.05) is 18.4 Å². The predicted octanol–water partition coefficient (Wildman–Crippen LogP) is 1.55. The molecule has 2 rings (SSSR count). The van der Waals surface area contributed by atoms with Crippen molar-refractivity contribution < 1.29 is 9.90 Å². The number of thiazole rings is 1. The number of aromatic carboxylic acids is 1. The molecule has 0 aliphatic heterocycles. The zero-order valence-electron chi connectivity index (χ0n) is 8.32. The van der Waals surface area contributed by atoms with Crippen molar-refractivity contribution in [2.75, 3.05) is 0 Å². The highest BCUT2D eigenvalue weighted by molar-refractivity contribution is 7.99. The summed E-state index contributed by atoms with van der Waals surface area (Å²) in [5.41, 5.74) is 0. The number of hydrogen-bond acceptors (Lipinski definition) is 6. The first kappa shape index (κ1) is 11.1. The molecule has 84 valence electrons. The third-order valence-corrected chi connectivity index (χ3v) is 3.58. The minimum atomic E-state index is -0.961. The second kappa shape index (κ2) is 4.62. The lowest BCUT2D eigenvalue weighted by Crippen LogP contribution is -1.89. The molecule has 0 atom stereocenters. The second-order valence-corrected chi connectivity index (χ2v) is 5.04. The number of aryl methyl sites for hydroxylation is 1. The summed E-state index contributed by atoms with van der Waals surface area (Å²) >= 11 is 2.37. The van der Waals surface area contributed by atoms with E-state index in [0.717, 1.165) is 23.6 Å². The average molecular weight is 256 g/mol. The molecule has 0 bridgehead atoms. The van der Waals surface area contributed by atoms with Gasteiger partial charge in [-0.15, -0.1) is 5.10 Å². The number of hydrogen-bond donors (Lipinski definition) is 1. The van der Waals surface area contributed by atoms with Crippen molar-refractivity contribution in [3.05, 3.63) is 23.2 Å². The van der Waals surface area contributed by atoms with E-state index in [1.54, 1.807) is 10.4 Å². The number of carboxylic acid groups (broad SMARTS) is 1. The fraction of sp³-hybridized carbons (Fsp3) is 0.250. The minimum absolute atomic E-state index is 0.221. The van der Waals surface area contributed by atoms with E-state index in [9.17, 15) is 4.79 Å². The molecule has 0 spiro atoms. The summed E-state index contributed by atoms with van der Waals surface area (Å²) in [6.07, 6.45) is 3.70. The van der Waals surface area contributed by atoms with E-state index in [2.05, 4.69) is 15.1 Å². The zero-order chi connectivity index (χ0) is 11.5. The highest BCUT2D eigenvalue weighted by atomic mass is 32.2. The Balaban J connectivity index is 2.11. The van der Waals surface area contributed by atoms with Crippen LogP contribution in [0.4, 0.5) is 0 Å². The quantitative estimate of drug-likeness (QED) is 0.893. The van der Waals surface area contributed by atoms with Crippen molar-refractivity contribution >= 4 is 29.3 Å². The van der Waals surface area contributed by atoms with Crippen LogP contribution in [0.5, 0.6) is 0 Å². The first-order valence-electron chi connectivity index (χ1n) is 4.47. The van der Waals surface area contributed by atoms with Gasteiger partial charge in [-0.25, -0.2) is 14.8 Å². The molecule has 16 heavy (non-hydrogen) atoms. The van der Waals surface area contributed by atoms with Crippen LogP contribution in [0.2, 0.25) is 0 Å². The molecule has 0 saturated carbocycles. The standard InChI is InChI=1S/C8H8N4O2S2/c1-2-6-10-4-12(11-6)16-8-9-3-5(15-8)7(13)14/h3-4H,2H2,1H3,(H,13,14). The SMILES string of the molecule is CCc1ncn(Sc2ncc(C(=O)O)s2)n1. The van der Waals surface area contributed by atoms with Crippen molar-refractivity contribution in [2.24, 2.45) is 0 Å².